The number of ether oxygens (including phenoxy) is 1. The van der Waals surface area contributed by atoms with Crippen molar-refractivity contribution in [3.63, 3.8) is 0 Å². The molecule has 0 bridgehead atoms. The van der Waals surface area contributed by atoms with Crippen molar-refractivity contribution >= 4 is 0 Å². The van der Waals surface area contributed by atoms with Gasteiger partial charge in [0.25, 0.3) is 0 Å². The summed E-state index contributed by atoms with van der Waals surface area (Å²) in [6.45, 7) is 8.13. The molecule has 75 valence electrons. The lowest BCUT2D eigenvalue weighted by molar-refractivity contribution is 0.0326. The van der Waals surface area contributed by atoms with Gasteiger partial charge < -0.3 is 10.1 Å². The second kappa shape index (κ2) is 4.91. The first-order valence-electron chi connectivity index (χ1n) is 5.12. The highest BCUT2D eigenvalue weighted by Crippen LogP contribution is 2.00. The third kappa shape index (κ3) is 2.91. The van der Waals surface area contributed by atoms with Gasteiger partial charge in [-0.05, 0) is 0 Å². The predicted octanol–water partition coefficient (Wildman–Crippen LogP) is -1.11. The van der Waals surface area contributed by atoms with Gasteiger partial charge in [0, 0.05) is 45.3 Å². The Hall–Kier alpha value is -0.160. The van der Waals surface area contributed by atoms with Crippen LogP contribution in [0, 0.1) is 0 Å². The molecule has 0 amide bonds. The van der Waals surface area contributed by atoms with Crippen LogP contribution in [0.25, 0.3) is 0 Å². The molecule has 0 aromatic rings. The lowest BCUT2D eigenvalue weighted by Crippen LogP contribution is -2.51. The summed E-state index contributed by atoms with van der Waals surface area (Å²) in [4.78, 5) is 2.45. The summed E-state index contributed by atoms with van der Waals surface area (Å²) in [6, 6.07) is 0.506. The monoisotopic (exact) mass is 184 g/mol. The first kappa shape index (κ1) is 9.40. The molecule has 1 atom stereocenters. The Kier molecular flexibility index (Phi) is 3.55. The average Bonchev–Trinajstić information content (AvgIpc) is 2.21. The molecule has 2 rings (SSSR count). The van der Waals surface area contributed by atoms with Crippen molar-refractivity contribution in [1.29, 1.82) is 0 Å². The number of hydrogen-bond donors (Lipinski definition) is 1. The van der Waals surface area contributed by atoms with E-state index in [0.717, 1.165) is 52.5 Å². The van der Waals surface area contributed by atoms with Crippen LogP contribution in [-0.2, 0) is 4.74 Å². The second-order valence-corrected chi connectivity index (χ2v) is 3.68. The summed E-state index contributed by atoms with van der Waals surface area (Å²) < 4.78 is 5.30. The number of rotatable bonds is 2. The summed E-state index contributed by atoms with van der Waals surface area (Å²) in [5, 5.41) is 7.95. The highest BCUT2D eigenvalue weighted by Gasteiger charge is 2.18. The van der Waals surface area contributed by atoms with Crippen LogP contribution in [0.5, 0.6) is 0 Å². The Balaban J connectivity index is 1.69. The first-order valence-corrected chi connectivity index (χ1v) is 5.12. The predicted molar refractivity (Wildman–Crippen MR) is 50.9 cm³/mol. The first-order chi connectivity index (χ1) is 6.45. The normalized spacial score (nSPS) is 31.8. The molecule has 0 aliphatic carbocycles. The van der Waals surface area contributed by atoms with E-state index in [-0.39, 0.29) is 0 Å². The summed E-state index contributed by atoms with van der Waals surface area (Å²) >= 11 is 0. The minimum atomic E-state index is 0.506. The standard InChI is InChI=1S/C9H18N3O/c1-2-11-9(7-10-1)8-12-3-5-13-6-4-12/h9-10H,1-8H2. The van der Waals surface area contributed by atoms with Crippen LogP contribution < -0.4 is 10.6 Å². The van der Waals surface area contributed by atoms with Crippen molar-refractivity contribution in [2.75, 3.05) is 52.5 Å². The Morgan fingerprint density at radius 3 is 2.92 bits per heavy atom. The largest absolute Gasteiger partial charge is 0.379 e. The fraction of sp³-hybridized carbons (Fsp3) is 1.00. The molecule has 2 saturated heterocycles. The summed E-state index contributed by atoms with van der Waals surface area (Å²) in [5.41, 5.74) is 0. The number of nitrogens with zero attached hydrogens (tertiary/aromatic N) is 2. The zero-order valence-electron chi connectivity index (χ0n) is 8.04. The second-order valence-electron chi connectivity index (χ2n) is 3.68. The van der Waals surface area contributed by atoms with Crippen LogP contribution in [0.2, 0.25) is 0 Å². The van der Waals surface area contributed by atoms with Crippen molar-refractivity contribution in [2.24, 2.45) is 0 Å². The van der Waals surface area contributed by atoms with Crippen LogP contribution in [0.3, 0.4) is 0 Å². The molecule has 13 heavy (non-hydrogen) atoms. The van der Waals surface area contributed by atoms with Gasteiger partial charge in [-0.25, -0.2) is 5.32 Å². The van der Waals surface area contributed by atoms with E-state index in [4.69, 9.17) is 4.74 Å². The third-order valence-corrected chi connectivity index (χ3v) is 2.63. The van der Waals surface area contributed by atoms with E-state index in [9.17, 15) is 0 Å². The number of hydrogen-bond acceptors (Lipinski definition) is 3. The molecule has 0 saturated carbocycles. The van der Waals surface area contributed by atoms with Gasteiger partial charge in [0.2, 0.25) is 0 Å². The maximum absolute atomic E-state index is 5.30. The van der Waals surface area contributed by atoms with Gasteiger partial charge in [-0.15, -0.1) is 0 Å². The molecule has 0 spiro atoms. The van der Waals surface area contributed by atoms with Crippen molar-refractivity contribution < 1.29 is 4.74 Å². The number of morpholine rings is 1. The Labute approximate surface area is 79.6 Å². The molecular weight excluding hydrogens is 166 g/mol. The zero-order valence-corrected chi connectivity index (χ0v) is 8.04. The van der Waals surface area contributed by atoms with Crippen LogP contribution in [0.1, 0.15) is 0 Å². The van der Waals surface area contributed by atoms with Gasteiger partial charge >= 0.3 is 0 Å². The fourth-order valence-corrected chi connectivity index (χ4v) is 1.86. The van der Waals surface area contributed by atoms with Gasteiger partial charge in [-0.2, -0.15) is 0 Å². The van der Waals surface area contributed by atoms with Crippen LogP contribution in [-0.4, -0.2) is 63.4 Å². The maximum atomic E-state index is 5.30. The fourth-order valence-electron chi connectivity index (χ4n) is 1.86. The van der Waals surface area contributed by atoms with Crippen molar-refractivity contribution in [3.8, 4) is 0 Å². The van der Waals surface area contributed by atoms with Gasteiger partial charge in [-0.3, -0.25) is 4.90 Å². The molecule has 2 heterocycles. The molecule has 2 aliphatic heterocycles. The molecule has 1 radical (unpaired) electrons. The zero-order chi connectivity index (χ0) is 8.93. The highest BCUT2D eigenvalue weighted by molar-refractivity contribution is 4.79. The molecule has 0 aromatic carbocycles. The third-order valence-electron chi connectivity index (χ3n) is 2.63. The van der Waals surface area contributed by atoms with E-state index >= 15 is 0 Å². The molecule has 1 N–H and O–H groups in total. The Morgan fingerprint density at radius 2 is 2.23 bits per heavy atom. The minimum Gasteiger partial charge on any atom is -0.379 e. The highest BCUT2D eigenvalue weighted by atomic mass is 16.5. The van der Waals surface area contributed by atoms with Gasteiger partial charge in [-0.1, -0.05) is 0 Å². The van der Waals surface area contributed by atoms with E-state index < -0.39 is 0 Å². The molecule has 2 fully saturated rings. The quantitative estimate of drug-likeness (QED) is 0.592. The average molecular weight is 184 g/mol. The van der Waals surface area contributed by atoms with Gasteiger partial charge in [0.1, 0.15) is 0 Å². The van der Waals surface area contributed by atoms with E-state index in [0.29, 0.717) is 6.04 Å². The molecule has 2 aliphatic rings. The maximum Gasteiger partial charge on any atom is 0.0594 e. The van der Waals surface area contributed by atoms with Crippen LogP contribution in [0.4, 0.5) is 0 Å². The number of piperazine rings is 1. The Bertz CT molecular complexity index is 126. The molecule has 4 heteroatoms. The van der Waals surface area contributed by atoms with E-state index in [1.165, 1.54) is 0 Å². The topological polar surface area (TPSA) is 38.6 Å². The Morgan fingerprint density at radius 1 is 1.38 bits per heavy atom. The summed E-state index contributed by atoms with van der Waals surface area (Å²) in [7, 11) is 0. The SMILES string of the molecule is C1CNCC(CN2CCOCC2)[N]1. The summed E-state index contributed by atoms with van der Waals surface area (Å²) in [6.07, 6.45) is 0. The molecule has 1 unspecified atom stereocenters. The van der Waals surface area contributed by atoms with Crippen molar-refractivity contribution in [3.05, 3.63) is 0 Å². The van der Waals surface area contributed by atoms with Gasteiger partial charge in [0.05, 0.1) is 13.2 Å². The van der Waals surface area contributed by atoms with Crippen molar-refractivity contribution in [2.45, 2.75) is 6.04 Å². The van der Waals surface area contributed by atoms with Crippen LogP contribution in [0.15, 0.2) is 0 Å². The molecule has 0 aromatic heterocycles. The minimum absolute atomic E-state index is 0.506. The van der Waals surface area contributed by atoms with Crippen molar-refractivity contribution in [1.82, 2.24) is 15.5 Å². The smallest absolute Gasteiger partial charge is 0.0594 e. The van der Waals surface area contributed by atoms with E-state index in [1.807, 2.05) is 0 Å². The van der Waals surface area contributed by atoms with E-state index in [2.05, 4.69) is 15.5 Å². The number of nitrogens with one attached hydrogen (secondary N) is 1. The summed E-state index contributed by atoms with van der Waals surface area (Å²) in [5.74, 6) is 0. The van der Waals surface area contributed by atoms with Crippen LogP contribution >= 0.6 is 0 Å². The molecule has 4 nitrogen and oxygen atoms in total. The molecular formula is C9H18N3O. The lowest BCUT2D eigenvalue weighted by Gasteiger charge is -2.32. The lowest BCUT2D eigenvalue weighted by atomic mass is 10.2. The van der Waals surface area contributed by atoms with E-state index in [1.54, 1.807) is 0 Å². The van der Waals surface area contributed by atoms with Gasteiger partial charge in [0.15, 0.2) is 0 Å².